The highest BCUT2D eigenvalue weighted by Crippen LogP contribution is 2.48. The van der Waals surface area contributed by atoms with E-state index in [4.69, 9.17) is 11.6 Å². The number of carbonyl (C=O) groups is 2. The second kappa shape index (κ2) is 6.45. The van der Waals surface area contributed by atoms with Gasteiger partial charge in [0, 0.05) is 11.3 Å². The van der Waals surface area contributed by atoms with E-state index in [1.807, 2.05) is 12.1 Å². The van der Waals surface area contributed by atoms with Gasteiger partial charge in [0.1, 0.15) is 11.4 Å². The number of fused-ring (bicyclic) bond motifs is 3. The number of rotatable bonds is 2. The van der Waals surface area contributed by atoms with E-state index in [-0.39, 0.29) is 22.0 Å². The molecule has 2 aromatic carbocycles. The third-order valence-electron chi connectivity index (χ3n) is 4.55. The van der Waals surface area contributed by atoms with Crippen LogP contribution in [-0.4, -0.2) is 28.5 Å². The molecule has 2 aliphatic rings. The van der Waals surface area contributed by atoms with Gasteiger partial charge >= 0.3 is 6.18 Å². The number of hydrogen-bond donors (Lipinski definition) is 1. The molecule has 0 spiro atoms. The normalized spacial score (nSPS) is 21.2. The van der Waals surface area contributed by atoms with E-state index >= 15 is 0 Å². The Kier molecular flexibility index (Phi) is 4.35. The van der Waals surface area contributed by atoms with Crippen LogP contribution in [0.25, 0.3) is 0 Å². The number of amides is 2. The van der Waals surface area contributed by atoms with Crippen molar-refractivity contribution in [1.29, 1.82) is 0 Å². The molecule has 1 N–H and O–H groups in total. The number of nitrogens with zero attached hydrogens (tertiary/aromatic N) is 1. The fraction of sp³-hybridized carbons (Fsp3) is 0.222. The molecule has 27 heavy (non-hydrogen) atoms. The Morgan fingerprint density at radius 1 is 1.22 bits per heavy atom. The predicted molar refractivity (Wildman–Crippen MR) is 96.7 cm³/mol. The molecule has 0 bridgehead atoms. The van der Waals surface area contributed by atoms with Crippen LogP contribution in [0.2, 0.25) is 5.02 Å². The van der Waals surface area contributed by atoms with Crippen molar-refractivity contribution in [2.75, 3.05) is 11.1 Å². The minimum absolute atomic E-state index is 0.00501. The van der Waals surface area contributed by atoms with Crippen LogP contribution < -0.4 is 5.32 Å². The lowest BCUT2D eigenvalue weighted by Crippen LogP contribution is -2.42. The van der Waals surface area contributed by atoms with Crippen molar-refractivity contribution in [3.8, 4) is 0 Å². The van der Waals surface area contributed by atoms with E-state index < -0.39 is 23.7 Å². The fourth-order valence-electron chi connectivity index (χ4n) is 3.26. The highest BCUT2D eigenvalue weighted by Gasteiger charge is 2.48. The molecule has 4 nitrogen and oxygen atoms in total. The standard InChI is InChI=1S/C18H12ClF3N2O2S/c19-12-6-5-9(18(20,21)22)7-13(12)23-15(25)14-8-27-17-11-4-2-1-3-10(11)16(26)24(14)17/h1-7,14,17H,8H2,(H,23,25)/t14-,17-/m1/s1. The zero-order chi connectivity index (χ0) is 19.3. The maximum absolute atomic E-state index is 12.9. The minimum Gasteiger partial charge on any atom is -0.323 e. The highest BCUT2D eigenvalue weighted by atomic mass is 35.5. The Morgan fingerprint density at radius 2 is 1.96 bits per heavy atom. The average molecular weight is 413 g/mol. The molecule has 0 radical (unpaired) electrons. The summed E-state index contributed by atoms with van der Waals surface area (Å²) in [5.74, 6) is -0.462. The zero-order valence-electron chi connectivity index (χ0n) is 13.6. The molecule has 0 aromatic heterocycles. The van der Waals surface area contributed by atoms with Crippen LogP contribution in [0.1, 0.15) is 26.9 Å². The number of alkyl halides is 3. The SMILES string of the molecule is O=C(Nc1cc(C(F)(F)F)ccc1Cl)[C@H]1CS[C@@H]2c3ccccc3C(=O)N12. The first-order valence-electron chi connectivity index (χ1n) is 7.98. The molecule has 2 atom stereocenters. The molecular weight excluding hydrogens is 401 g/mol. The van der Waals surface area contributed by atoms with Crippen molar-refractivity contribution < 1.29 is 22.8 Å². The van der Waals surface area contributed by atoms with E-state index in [9.17, 15) is 22.8 Å². The predicted octanol–water partition coefficient (Wildman–Crippen LogP) is 4.57. The highest BCUT2D eigenvalue weighted by molar-refractivity contribution is 7.99. The van der Waals surface area contributed by atoms with Crippen molar-refractivity contribution in [2.45, 2.75) is 17.6 Å². The van der Waals surface area contributed by atoms with Gasteiger partial charge in [-0.15, -0.1) is 11.8 Å². The second-order valence-corrected chi connectivity index (χ2v) is 7.70. The third-order valence-corrected chi connectivity index (χ3v) is 6.18. The molecule has 9 heteroatoms. The first-order chi connectivity index (χ1) is 12.8. The quantitative estimate of drug-likeness (QED) is 0.786. The molecule has 140 valence electrons. The number of hydrogen-bond acceptors (Lipinski definition) is 3. The summed E-state index contributed by atoms with van der Waals surface area (Å²) in [6.45, 7) is 0. The van der Waals surface area contributed by atoms with Crippen molar-refractivity contribution in [3.63, 3.8) is 0 Å². The number of carbonyl (C=O) groups excluding carboxylic acids is 2. The van der Waals surface area contributed by atoms with E-state index in [1.54, 1.807) is 12.1 Å². The summed E-state index contributed by atoms with van der Waals surface area (Å²) in [6, 6.07) is 9.06. The first-order valence-corrected chi connectivity index (χ1v) is 9.41. The summed E-state index contributed by atoms with van der Waals surface area (Å²) in [4.78, 5) is 26.8. The molecule has 1 saturated heterocycles. The van der Waals surface area contributed by atoms with Crippen LogP contribution in [0.3, 0.4) is 0 Å². The van der Waals surface area contributed by atoms with Crippen LogP contribution in [0, 0.1) is 0 Å². The summed E-state index contributed by atoms with van der Waals surface area (Å²) in [7, 11) is 0. The summed E-state index contributed by atoms with van der Waals surface area (Å²) in [6.07, 6.45) is -4.55. The summed E-state index contributed by atoms with van der Waals surface area (Å²) >= 11 is 7.39. The monoisotopic (exact) mass is 412 g/mol. The van der Waals surface area contributed by atoms with Crippen molar-refractivity contribution in [1.82, 2.24) is 4.90 Å². The molecule has 0 unspecified atom stereocenters. The van der Waals surface area contributed by atoms with E-state index in [1.165, 1.54) is 16.7 Å². The minimum atomic E-state index is -4.55. The van der Waals surface area contributed by atoms with Gasteiger partial charge in [0.15, 0.2) is 0 Å². The van der Waals surface area contributed by atoms with E-state index in [0.29, 0.717) is 11.3 Å². The van der Waals surface area contributed by atoms with Gasteiger partial charge in [0.25, 0.3) is 5.91 Å². The van der Waals surface area contributed by atoms with Gasteiger partial charge in [-0.2, -0.15) is 13.2 Å². The fourth-order valence-corrected chi connectivity index (χ4v) is 4.89. The maximum atomic E-state index is 12.9. The van der Waals surface area contributed by atoms with Crippen LogP contribution in [0.5, 0.6) is 0 Å². The molecule has 1 fully saturated rings. The molecule has 4 rings (SSSR count). The summed E-state index contributed by atoms with van der Waals surface area (Å²) in [5, 5.41) is 2.18. The number of anilines is 1. The topological polar surface area (TPSA) is 49.4 Å². The van der Waals surface area contributed by atoms with Crippen molar-refractivity contribution in [2.24, 2.45) is 0 Å². The number of thioether (sulfide) groups is 1. The second-order valence-electron chi connectivity index (χ2n) is 6.18. The lowest BCUT2D eigenvalue weighted by Gasteiger charge is -2.23. The molecule has 2 aliphatic heterocycles. The molecule has 0 saturated carbocycles. The Labute approximate surface area is 161 Å². The first kappa shape index (κ1) is 18.2. The van der Waals surface area contributed by atoms with Crippen LogP contribution in [0.4, 0.5) is 18.9 Å². The van der Waals surface area contributed by atoms with Gasteiger partial charge in [-0.3, -0.25) is 9.59 Å². The maximum Gasteiger partial charge on any atom is 0.416 e. The van der Waals surface area contributed by atoms with Crippen molar-refractivity contribution >= 4 is 40.9 Å². The van der Waals surface area contributed by atoms with Gasteiger partial charge in [0.05, 0.1) is 16.3 Å². The molecular formula is C18H12ClF3N2O2S. The lowest BCUT2D eigenvalue weighted by molar-refractivity contribution is -0.137. The van der Waals surface area contributed by atoms with Gasteiger partial charge in [0.2, 0.25) is 5.91 Å². The van der Waals surface area contributed by atoms with Gasteiger partial charge < -0.3 is 10.2 Å². The Hall–Kier alpha value is -2.19. The van der Waals surface area contributed by atoms with Gasteiger partial charge in [-0.1, -0.05) is 29.8 Å². The Morgan fingerprint density at radius 3 is 2.70 bits per heavy atom. The smallest absolute Gasteiger partial charge is 0.323 e. The van der Waals surface area contributed by atoms with E-state index in [2.05, 4.69) is 5.32 Å². The number of halogens is 4. The Balaban J connectivity index is 1.58. The number of nitrogens with one attached hydrogen (secondary N) is 1. The van der Waals surface area contributed by atoms with Crippen LogP contribution in [0.15, 0.2) is 42.5 Å². The molecule has 0 aliphatic carbocycles. The van der Waals surface area contributed by atoms with E-state index in [0.717, 1.165) is 23.8 Å². The summed E-state index contributed by atoms with van der Waals surface area (Å²) < 4.78 is 38.7. The summed E-state index contributed by atoms with van der Waals surface area (Å²) in [5.41, 5.74) is 0.351. The van der Waals surface area contributed by atoms with Crippen molar-refractivity contribution in [3.05, 3.63) is 64.2 Å². The zero-order valence-corrected chi connectivity index (χ0v) is 15.2. The molecule has 2 aromatic rings. The molecule has 2 amide bonds. The average Bonchev–Trinajstić information content (AvgIpc) is 3.17. The largest absolute Gasteiger partial charge is 0.416 e. The van der Waals surface area contributed by atoms with Crippen LogP contribution >= 0.6 is 23.4 Å². The number of benzene rings is 2. The lowest BCUT2D eigenvalue weighted by atomic mass is 10.1. The Bertz CT molecular complexity index is 950. The molecule has 2 heterocycles. The third kappa shape index (κ3) is 3.06. The van der Waals surface area contributed by atoms with Gasteiger partial charge in [-0.05, 0) is 29.8 Å². The van der Waals surface area contributed by atoms with Gasteiger partial charge in [-0.25, -0.2) is 0 Å². The van der Waals surface area contributed by atoms with Crippen LogP contribution in [-0.2, 0) is 11.0 Å².